The minimum Gasteiger partial charge on any atom is -0.487 e. The van der Waals surface area contributed by atoms with Crippen LogP contribution in [0, 0.1) is 5.92 Å². The first kappa shape index (κ1) is 18.5. The monoisotopic (exact) mass is 375 g/mol. The minimum atomic E-state index is -0.127. The molecule has 0 bridgehead atoms. The molecule has 0 saturated carbocycles. The van der Waals surface area contributed by atoms with E-state index in [2.05, 4.69) is 24.3 Å². The van der Waals surface area contributed by atoms with E-state index < -0.39 is 0 Å². The third-order valence-electron chi connectivity index (χ3n) is 5.56. The maximum absolute atomic E-state index is 11.5. The van der Waals surface area contributed by atoms with E-state index in [1.807, 2.05) is 30.3 Å². The quantitative estimate of drug-likeness (QED) is 0.577. The topological polar surface area (TPSA) is 48.4 Å². The number of hydrogen-bond donors (Lipinski definition) is 0. The standard InChI is InChI=1S/C24H25NO3/c1-27-24(26)14-10-17-9-11-18-6-4-8-23(21(18)15-17)28-16-20-13-12-19-5-2-3-7-22(19)25-20/h2-8,12-13,17H,9-11,14-16H2,1H3. The van der Waals surface area contributed by atoms with E-state index in [4.69, 9.17) is 14.5 Å². The van der Waals surface area contributed by atoms with Gasteiger partial charge in [0.15, 0.2) is 0 Å². The van der Waals surface area contributed by atoms with Crippen molar-refractivity contribution in [2.45, 2.75) is 38.7 Å². The highest BCUT2D eigenvalue weighted by Crippen LogP contribution is 2.34. The van der Waals surface area contributed by atoms with Gasteiger partial charge >= 0.3 is 5.97 Å². The Hall–Kier alpha value is -2.88. The zero-order valence-corrected chi connectivity index (χ0v) is 16.2. The van der Waals surface area contributed by atoms with Crippen LogP contribution in [-0.2, 0) is 29.0 Å². The van der Waals surface area contributed by atoms with Gasteiger partial charge in [-0.3, -0.25) is 4.79 Å². The van der Waals surface area contributed by atoms with E-state index in [9.17, 15) is 4.79 Å². The fraction of sp³-hybridized carbons (Fsp3) is 0.333. The van der Waals surface area contributed by atoms with Gasteiger partial charge in [0.05, 0.1) is 18.3 Å². The van der Waals surface area contributed by atoms with Crippen LogP contribution in [0.2, 0.25) is 0 Å². The fourth-order valence-corrected chi connectivity index (χ4v) is 3.97. The van der Waals surface area contributed by atoms with Crippen molar-refractivity contribution in [3.63, 3.8) is 0 Å². The summed E-state index contributed by atoms with van der Waals surface area (Å²) in [6.45, 7) is 0.452. The Bertz CT molecular complexity index is 983. The Morgan fingerprint density at radius 1 is 1.11 bits per heavy atom. The number of carbonyl (C=O) groups excluding carboxylic acids is 1. The van der Waals surface area contributed by atoms with E-state index in [0.717, 1.165) is 48.0 Å². The Balaban J connectivity index is 1.46. The van der Waals surface area contributed by atoms with Gasteiger partial charge in [-0.05, 0) is 60.9 Å². The van der Waals surface area contributed by atoms with Crippen molar-refractivity contribution in [3.05, 3.63) is 71.4 Å². The minimum absolute atomic E-state index is 0.127. The molecule has 28 heavy (non-hydrogen) atoms. The normalized spacial score (nSPS) is 15.8. The molecule has 2 aromatic carbocycles. The molecular formula is C24H25NO3. The summed E-state index contributed by atoms with van der Waals surface area (Å²) >= 11 is 0. The summed E-state index contributed by atoms with van der Waals surface area (Å²) < 4.78 is 11.0. The van der Waals surface area contributed by atoms with Gasteiger partial charge in [0.1, 0.15) is 12.4 Å². The molecule has 0 radical (unpaired) electrons. The number of carbonyl (C=O) groups is 1. The predicted molar refractivity (Wildman–Crippen MR) is 109 cm³/mol. The molecule has 1 atom stereocenters. The van der Waals surface area contributed by atoms with Gasteiger partial charge in [0.2, 0.25) is 0 Å². The van der Waals surface area contributed by atoms with E-state index in [0.29, 0.717) is 18.9 Å². The van der Waals surface area contributed by atoms with Crippen molar-refractivity contribution in [3.8, 4) is 5.75 Å². The molecule has 4 rings (SSSR count). The van der Waals surface area contributed by atoms with Crippen LogP contribution in [0.3, 0.4) is 0 Å². The van der Waals surface area contributed by atoms with Crippen molar-refractivity contribution in [1.29, 1.82) is 0 Å². The maximum atomic E-state index is 11.5. The summed E-state index contributed by atoms with van der Waals surface area (Å²) in [5.41, 5.74) is 4.55. The first-order valence-electron chi connectivity index (χ1n) is 9.88. The number of esters is 1. The lowest BCUT2D eigenvalue weighted by atomic mass is 9.81. The Labute approximate surface area is 165 Å². The number of nitrogens with zero attached hydrogens (tertiary/aromatic N) is 1. The summed E-state index contributed by atoms with van der Waals surface area (Å²) in [6, 6.07) is 18.5. The summed E-state index contributed by atoms with van der Waals surface area (Å²) in [5.74, 6) is 1.31. The third kappa shape index (κ3) is 4.16. The van der Waals surface area contributed by atoms with Gasteiger partial charge in [0.25, 0.3) is 0 Å². The fourth-order valence-electron chi connectivity index (χ4n) is 3.97. The lowest BCUT2D eigenvalue weighted by Crippen LogP contribution is -2.17. The first-order valence-corrected chi connectivity index (χ1v) is 9.88. The third-order valence-corrected chi connectivity index (χ3v) is 5.56. The summed E-state index contributed by atoms with van der Waals surface area (Å²) in [5, 5.41) is 1.14. The van der Waals surface area contributed by atoms with Crippen LogP contribution in [0.25, 0.3) is 10.9 Å². The molecular weight excluding hydrogens is 350 g/mol. The average Bonchev–Trinajstić information content (AvgIpc) is 2.75. The van der Waals surface area contributed by atoms with Crippen molar-refractivity contribution in [1.82, 2.24) is 4.98 Å². The van der Waals surface area contributed by atoms with Crippen molar-refractivity contribution in [2.24, 2.45) is 5.92 Å². The Morgan fingerprint density at radius 3 is 2.89 bits per heavy atom. The van der Waals surface area contributed by atoms with Gasteiger partial charge < -0.3 is 9.47 Å². The summed E-state index contributed by atoms with van der Waals surface area (Å²) in [7, 11) is 1.45. The van der Waals surface area contributed by atoms with E-state index in [1.54, 1.807) is 0 Å². The number of aromatic nitrogens is 1. The van der Waals surface area contributed by atoms with Gasteiger partial charge in [-0.15, -0.1) is 0 Å². The molecule has 4 heteroatoms. The van der Waals surface area contributed by atoms with Gasteiger partial charge in [-0.2, -0.15) is 0 Å². The number of ether oxygens (including phenoxy) is 2. The highest BCUT2D eigenvalue weighted by atomic mass is 16.5. The molecule has 1 aromatic heterocycles. The second kappa shape index (κ2) is 8.42. The van der Waals surface area contributed by atoms with Gasteiger partial charge in [0, 0.05) is 11.8 Å². The maximum Gasteiger partial charge on any atom is 0.305 e. The molecule has 0 saturated heterocycles. The SMILES string of the molecule is COC(=O)CCC1CCc2cccc(OCc3ccc4ccccc4n3)c2C1. The van der Waals surface area contributed by atoms with Crippen LogP contribution in [0.4, 0.5) is 0 Å². The van der Waals surface area contributed by atoms with Crippen LogP contribution in [0.15, 0.2) is 54.6 Å². The highest BCUT2D eigenvalue weighted by molar-refractivity contribution is 5.78. The Kier molecular flexibility index (Phi) is 5.56. The molecule has 0 N–H and O–H groups in total. The number of pyridine rings is 1. The van der Waals surface area contributed by atoms with Gasteiger partial charge in [-0.25, -0.2) is 4.98 Å². The van der Waals surface area contributed by atoms with Crippen LogP contribution in [0.1, 0.15) is 36.1 Å². The zero-order valence-electron chi connectivity index (χ0n) is 16.2. The number of para-hydroxylation sites is 1. The second-order valence-corrected chi connectivity index (χ2v) is 7.40. The molecule has 1 heterocycles. The van der Waals surface area contributed by atoms with Crippen LogP contribution < -0.4 is 4.74 Å². The first-order chi connectivity index (χ1) is 13.7. The van der Waals surface area contributed by atoms with Gasteiger partial charge in [-0.1, -0.05) is 36.4 Å². The van der Waals surface area contributed by atoms with Crippen LogP contribution in [-0.4, -0.2) is 18.1 Å². The van der Waals surface area contributed by atoms with E-state index in [1.165, 1.54) is 18.2 Å². The molecule has 0 amide bonds. The van der Waals surface area contributed by atoms with E-state index in [-0.39, 0.29) is 5.97 Å². The molecule has 0 spiro atoms. The molecule has 1 unspecified atom stereocenters. The molecule has 3 aromatic rings. The number of rotatable bonds is 6. The highest BCUT2D eigenvalue weighted by Gasteiger charge is 2.22. The smallest absolute Gasteiger partial charge is 0.305 e. The number of aryl methyl sites for hydroxylation is 1. The van der Waals surface area contributed by atoms with Crippen molar-refractivity contribution >= 4 is 16.9 Å². The lowest BCUT2D eigenvalue weighted by molar-refractivity contribution is -0.140. The summed E-state index contributed by atoms with van der Waals surface area (Å²) in [6.07, 6.45) is 4.45. The predicted octanol–water partition coefficient (Wildman–Crippen LogP) is 4.87. The molecule has 144 valence electrons. The van der Waals surface area contributed by atoms with Crippen molar-refractivity contribution < 1.29 is 14.3 Å². The van der Waals surface area contributed by atoms with Crippen LogP contribution in [0.5, 0.6) is 5.75 Å². The second-order valence-electron chi connectivity index (χ2n) is 7.40. The molecule has 1 aliphatic rings. The number of fused-ring (bicyclic) bond motifs is 2. The molecule has 4 nitrogen and oxygen atoms in total. The lowest BCUT2D eigenvalue weighted by Gasteiger charge is -2.26. The Morgan fingerprint density at radius 2 is 2.00 bits per heavy atom. The largest absolute Gasteiger partial charge is 0.487 e. The molecule has 0 fully saturated rings. The number of methoxy groups -OCH3 is 1. The zero-order chi connectivity index (χ0) is 19.3. The molecule has 0 aliphatic heterocycles. The number of hydrogen-bond acceptors (Lipinski definition) is 4. The van der Waals surface area contributed by atoms with E-state index >= 15 is 0 Å². The number of benzene rings is 2. The van der Waals surface area contributed by atoms with Crippen LogP contribution >= 0.6 is 0 Å². The molecule has 1 aliphatic carbocycles. The van der Waals surface area contributed by atoms with Crippen molar-refractivity contribution in [2.75, 3.05) is 7.11 Å². The average molecular weight is 375 g/mol. The summed E-state index contributed by atoms with van der Waals surface area (Å²) in [4.78, 5) is 16.2.